The fourth-order valence-electron chi connectivity index (χ4n) is 4.03. The maximum absolute atomic E-state index is 13.9. The maximum Gasteiger partial charge on any atom is 0.322 e. The third kappa shape index (κ3) is 5.52. The van der Waals surface area contributed by atoms with Gasteiger partial charge in [0.2, 0.25) is 0 Å². The number of furan rings is 1. The minimum atomic E-state index is -0.329. The van der Waals surface area contributed by atoms with Gasteiger partial charge in [-0.1, -0.05) is 36.4 Å². The van der Waals surface area contributed by atoms with Crippen LogP contribution in [0.2, 0.25) is 0 Å². The standard InChI is InChI=1S/C25H28FN3O2/c1-19-9-10-21(16-24(19)26)27-25(30)29(18-23-8-5-15-31-23)22-11-13-28(14-12-22)17-20-6-3-2-4-7-20/h2-10,15-16,22H,11-14,17-18H2,1H3,(H,27,30). The van der Waals surface area contributed by atoms with E-state index in [0.29, 0.717) is 17.8 Å². The molecule has 0 unspecified atom stereocenters. The predicted octanol–water partition coefficient (Wildman–Crippen LogP) is 5.43. The molecule has 3 aromatic rings. The average Bonchev–Trinajstić information content (AvgIpc) is 3.29. The second-order valence-electron chi connectivity index (χ2n) is 8.09. The number of nitrogens with zero attached hydrogens (tertiary/aromatic N) is 2. The van der Waals surface area contributed by atoms with Crippen molar-refractivity contribution >= 4 is 11.7 Å². The maximum atomic E-state index is 13.9. The van der Waals surface area contributed by atoms with E-state index in [-0.39, 0.29) is 17.9 Å². The topological polar surface area (TPSA) is 48.7 Å². The Morgan fingerprint density at radius 1 is 1.13 bits per heavy atom. The van der Waals surface area contributed by atoms with Crippen molar-refractivity contribution in [2.45, 2.75) is 38.9 Å². The van der Waals surface area contributed by atoms with Gasteiger partial charge in [-0.05, 0) is 55.2 Å². The highest BCUT2D eigenvalue weighted by molar-refractivity contribution is 5.89. The molecule has 1 saturated heterocycles. The molecule has 5 nitrogen and oxygen atoms in total. The molecule has 1 aliphatic rings. The Bertz CT molecular complexity index is 983. The first-order chi connectivity index (χ1) is 15.1. The van der Waals surface area contributed by atoms with E-state index in [1.165, 1.54) is 11.6 Å². The van der Waals surface area contributed by atoms with Crippen molar-refractivity contribution in [2.75, 3.05) is 18.4 Å². The number of hydrogen-bond acceptors (Lipinski definition) is 3. The fourth-order valence-corrected chi connectivity index (χ4v) is 4.03. The number of hydrogen-bond donors (Lipinski definition) is 1. The van der Waals surface area contributed by atoms with E-state index in [0.717, 1.165) is 38.2 Å². The SMILES string of the molecule is Cc1ccc(NC(=O)N(Cc2ccco2)C2CCN(Cc3ccccc3)CC2)cc1F. The molecule has 0 aliphatic carbocycles. The number of likely N-dealkylation sites (tertiary alicyclic amines) is 1. The van der Waals surface area contributed by atoms with E-state index >= 15 is 0 Å². The van der Waals surface area contributed by atoms with Gasteiger partial charge in [-0.25, -0.2) is 9.18 Å². The molecule has 6 heteroatoms. The normalized spacial score (nSPS) is 15.0. The second-order valence-corrected chi connectivity index (χ2v) is 8.09. The van der Waals surface area contributed by atoms with Crippen LogP contribution in [0.15, 0.2) is 71.3 Å². The minimum Gasteiger partial charge on any atom is -0.467 e. The Labute approximate surface area is 182 Å². The van der Waals surface area contributed by atoms with Crippen LogP contribution in [0, 0.1) is 12.7 Å². The highest BCUT2D eigenvalue weighted by Gasteiger charge is 2.29. The van der Waals surface area contributed by atoms with Crippen molar-refractivity contribution in [3.8, 4) is 0 Å². The van der Waals surface area contributed by atoms with Gasteiger partial charge < -0.3 is 14.6 Å². The zero-order valence-corrected chi connectivity index (χ0v) is 17.8. The van der Waals surface area contributed by atoms with Crippen LogP contribution in [-0.2, 0) is 13.1 Å². The van der Waals surface area contributed by atoms with E-state index < -0.39 is 0 Å². The lowest BCUT2D eigenvalue weighted by Crippen LogP contribution is -2.48. The van der Waals surface area contributed by atoms with Gasteiger partial charge in [0.25, 0.3) is 0 Å². The first kappa shape index (κ1) is 21.1. The molecule has 1 aliphatic heterocycles. The molecule has 4 rings (SSSR count). The highest BCUT2D eigenvalue weighted by atomic mass is 19.1. The van der Waals surface area contributed by atoms with Crippen LogP contribution in [-0.4, -0.2) is 35.0 Å². The van der Waals surface area contributed by atoms with E-state index in [9.17, 15) is 9.18 Å². The Balaban J connectivity index is 1.42. The van der Waals surface area contributed by atoms with Crippen LogP contribution < -0.4 is 5.32 Å². The summed E-state index contributed by atoms with van der Waals surface area (Å²) in [6, 6.07) is 18.7. The summed E-state index contributed by atoms with van der Waals surface area (Å²) < 4.78 is 19.4. The van der Waals surface area contributed by atoms with Gasteiger partial charge in [0.05, 0.1) is 12.8 Å². The van der Waals surface area contributed by atoms with Crippen LogP contribution in [0.1, 0.15) is 29.7 Å². The number of carbonyl (C=O) groups is 1. The molecular formula is C25H28FN3O2. The Morgan fingerprint density at radius 3 is 2.58 bits per heavy atom. The van der Waals surface area contributed by atoms with Crippen LogP contribution >= 0.6 is 0 Å². The molecule has 2 aromatic carbocycles. The van der Waals surface area contributed by atoms with E-state index in [1.54, 1.807) is 25.3 Å². The monoisotopic (exact) mass is 421 g/mol. The van der Waals surface area contributed by atoms with Gasteiger partial charge in [0.15, 0.2) is 0 Å². The molecule has 1 fully saturated rings. The van der Waals surface area contributed by atoms with Crippen molar-refractivity contribution in [3.63, 3.8) is 0 Å². The molecular weight excluding hydrogens is 393 g/mol. The molecule has 1 N–H and O–H groups in total. The van der Waals surface area contributed by atoms with Gasteiger partial charge in [-0.3, -0.25) is 4.90 Å². The molecule has 0 radical (unpaired) electrons. The van der Waals surface area contributed by atoms with Gasteiger partial charge in [-0.15, -0.1) is 0 Å². The van der Waals surface area contributed by atoms with Crippen LogP contribution in [0.4, 0.5) is 14.9 Å². The van der Waals surface area contributed by atoms with Crippen molar-refractivity contribution in [2.24, 2.45) is 0 Å². The molecule has 2 amide bonds. The molecule has 0 bridgehead atoms. The minimum absolute atomic E-state index is 0.0902. The number of halogens is 1. The van der Waals surface area contributed by atoms with E-state index in [4.69, 9.17) is 4.42 Å². The summed E-state index contributed by atoms with van der Waals surface area (Å²) in [7, 11) is 0. The number of rotatable bonds is 6. The first-order valence-electron chi connectivity index (χ1n) is 10.7. The summed E-state index contributed by atoms with van der Waals surface area (Å²) in [6.45, 7) is 4.84. The smallest absolute Gasteiger partial charge is 0.322 e. The number of nitrogens with one attached hydrogen (secondary N) is 1. The number of anilines is 1. The molecule has 0 saturated carbocycles. The van der Waals surface area contributed by atoms with Crippen LogP contribution in [0.25, 0.3) is 0 Å². The van der Waals surface area contributed by atoms with Crippen molar-refractivity contribution in [3.05, 3.63) is 89.6 Å². The van der Waals surface area contributed by atoms with Gasteiger partial charge in [0, 0.05) is 31.4 Å². The predicted molar refractivity (Wildman–Crippen MR) is 119 cm³/mol. The molecule has 162 valence electrons. The van der Waals surface area contributed by atoms with Gasteiger partial charge in [0.1, 0.15) is 11.6 Å². The Kier molecular flexibility index (Phi) is 6.67. The Morgan fingerprint density at radius 2 is 1.90 bits per heavy atom. The largest absolute Gasteiger partial charge is 0.467 e. The molecule has 1 aromatic heterocycles. The lowest BCUT2D eigenvalue weighted by Gasteiger charge is -2.38. The van der Waals surface area contributed by atoms with Crippen molar-refractivity contribution in [1.82, 2.24) is 9.80 Å². The van der Waals surface area contributed by atoms with Crippen LogP contribution in [0.5, 0.6) is 0 Å². The van der Waals surface area contributed by atoms with Gasteiger partial charge >= 0.3 is 6.03 Å². The summed E-state index contributed by atoms with van der Waals surface area (Å²) in [4.78, 5) is 17.4. The molecule has 0 atom stereocenters. The number of amides is 2. The summed E-state index contributed by atoms with van der Waals surface area (Å²) in [5.41, 5.74) is 2.31. The quantitative estimate of drug-likeness (QED) is 0.578. The Hall–Kier alpha value is -3.12. The summed E-state index contributed by atoms with van der Waals surface area (Å²) in [6.07, 6.45) is 3.37. The summed E-state index contributed by atoms with van der Waals surface area (Å²) in [5, 5.41) is 2.86. The summed E-state index contributed by atoms with van der Waals surface area (Å²) in [5.74, 6) is 0.404. The number of carbonyl (C=O) groups excluding carboxylic acids is 1. The number of piperidine rings is 1. The molecule has 0 spiro atoms. The molecule has 31 heavy (non-hydrogen) atoms. The third-order valence-corrected chi connectivity index (χ3v) is 5.84. The van der Waals surface area contributed by atoms with Gasteiger partial charge in [-0.2, -0.15) is 0 Å². The summed E-state index contributed by atoms with van der Waals surface area (Å²) >= 11 is 0. The van der Waals surface area contributed by atoms with Crippen LogP contribution in [0.3, 0.4) is 0 Å². The zero-order chi connectivity index (χ0) is 21.6. The lowest BCUT2D eigenvalue weighted by atomic mass is 10.0. The number of benzene rings is 2. The number of urea groups is 1. The fraction of sp³-hybridized carbons (Fsp3) is 0.320. The zero-order valence-electron chi connectivity index (χ0n) is 17.8. The van der Waals surface area contributed by atoms with E-state index in [2.05, 4.69) is 34.5 Å². The van der Waals surface area contributed by atoms with Crippen molar-refractivity contribution in [1.29, 1.82) is 0 Å². The van der Waals surface area contributed by atoms with Crippen molar-refractivity contribution < 1.29 is 13.6 Å². The highest BCUT2D eigenvalue weighted by Crippen LogP contribution is 2.23. The third-order valence-electron chi connectivity index (χ3n) is 5.84. The lowest BCUT2D eigenvalue weighted by molar-refractivity contribution is 0.115. The molecule has 2 heterocycles. The average molecular weight is 422 g/mol. The van der Waals surface area contributed by atoms with E-state index in [1.807, 2.05) is 23.1 Å². The second kappa shape index (κ2) is 9.79. The first-order valence-corrected chi connectivity index (χ1v) is 10.7. The number of aryl methyl sites for hydroxylation is 1.